The Hall–Kier alpha value is -3.37. The SMILES string of the molecule is CCOC(=O)CCN(Cc1ccco1)c1ncnc(NCCc2c(Cl)cccc2Cl)c1[N+](=O)[O-]. The highest BCUT2D eigenvalue weighted by atomic mass is 35.5. The predicted octanol–water partition coefficient (Wildman–Crippen LogP) is 4.90. The molecule has 0 aliphatic heterocycles. The van der Waals surface area contributed by atoms with Crippen molar-refractivity contribution < 1.29 is 18.9 Å². The van der Waals surface area contributed by atoms with Crippen LogP contribution in [-0.4, -0.2) is 40.6 Å². The zero-order valence-electron chi connectivity index (χ0n) is 18.4. The van der Waals surface area contributed by atoms with Crippen LogP contribution in [0.5, 0.6) is 0 Å². The summed E-state index contributed by atoms with van der Waals surface area (Å²) >= 11 is 12.4. The summed E-state index contributed by atoms with van der Waals surface area (Å²) in [5, 5.41) is 16.0. The van der Waals surface area contributed by atoms with E-state index in [1.807, 2.05) is 0 Å². The van der Waals surface area contributed by atoms with E-state index < -0.39 is 10.9 Å². The van der Waals surface area contributed by atoms with E-state index in [-0.39, 0.29) is 43.4 Å². The fraction of sp³-hybridized carbons (Fsp3) is 0.318. The van der Waals surface area contributed by atoms with Gasteiger partial charge in [-0.1, -0.05) is 29.3 Å². The molecular weight excluding hydrogens is 485 g/mol. The lowest BCUT2D eigenvalue weighted by Crippen LogP contribution is -2.28. The minimum Gasteiger partial charge on any atom is -0.467 e. The number of furan rings is 1. The van der Waals surface area contributed by atoms with E-state index in [0.29, 0.717) is 28.8 Å². The minimum absolute atomic E-state index is 0.0173. The lowest BCUT2D eigenvalue weighted by molar-refractivity contribution is -0.383. The molecule has 0 unspecified atom stereocenters. The van der Waals surface area contributed by atoms with E-state index in [4.69, 9.17) is 32.4 Å². The minimum atomic E-state index is -0.556. The second-order valence-corrected chi connectivity index (χ2v) is 7.90. The van der Waals surface area contributed by atoms with E-state index in [2.05, 4.69) is 15.3 Å². The van der Waals surface area contributed by atoms with Gasteiger partial charge in [-0.2, -0.15) is 0 Å². The van der Waals surface area contributed by atoms with Crippen LogP contribution < -0.4 is 10.2 Å². The monoisotopic (exact) mass is 507 g/mol. The van der Waals surface area contributed by atoms with E-state index in [1.165, 1.54) is 12.6 Å². The van der Waals surface area contributed by atoms with Crippen molar-refractivity contribution in [3.63, 3.8) is 0 Å². The van der Waals surface area contributed by atoms with Crippen LogP contribution >= 0.6 is 23.2 Å². The molecule has 2 aromatic heterocycles. The molecule has 1 aromatic carbocycles. The molecule has 34 heavy (non-hydrogen) atoms. The van der Waals surface area contributed by atoms with Gasteiger partial charge in [-0.3, -0.25) is 14.9 Å². The second kappa shape index (κ2) is 12.2. The Bertz CT molecular complexity index is 1110. The summed E-state index contributed by atoms with van der Waals surface area (Å²) in [6.45, 7) is 2.54. The predicted molar refractivity (Wildman–Crippen MR) is 128 cm³/mol. The first-order valence-corrected chi connectivity index (χ1v) is 11.2. The van der Waals surface area contributed by atoms with Gasteiger partial charge in [-0.25, -0.2) is 9.97 Å². The molecule has 0 atom stereocenters. The number of carbonyl (C=O) groups is 1. The summed E-state index contributed by atoms with van der Waals surface area (Å²) in [6.07, 6.45) is 3.17. The number of nitrogens with zero attached hydrogens (tertiary/aromatic N) is 4. The number of nitro groups is 1. The van der Waals surface area contributed by atoms with Gasteiger partial charge in [0.2, 0.25) is 11.6 Å². The van der Waals surface area contributed by atoms with Gasteiger partial charge in [0, 0.05) is 23.1 Å². The average molecular weight is 508 g/mol. The highest BCUT2D eigenvalue weighted by Gasteiger charge is 2.28. The molecule has 0 saturated heterocycles. The molecule has 3 aromatic rings. The number of carbonyl (C=O) groups excluding carboxylic acids is 1. The molecule has 3 rings (SSSR count). The van der Waals surface area contributed by atoms with Crippen molar-refractivity contribution in [2.45, 2.75) is 26.3 Å². The average Bonchev–Trinajstić information content (AvgIpc) is 3.31. The fourth-order valence-electron chi connectivity index (χ4n) is 3.29. The number of rotatable bonds is 12. The topological polar surface area (TPSA) is 124 Å². The van der Waals surface area contributed by atoms with Gasteiger partial charge < -0.3 is 19.4 Å². The quantitative estimate of drug-likeness (QED) is 0.207. The van der Waals surface area contributed by atoms with Crippen LogP contribution in [0.1, 0.15) is 24.7 Å². The Morgan fingerprint density at radius 2 is 2.00 bits per heavy atom. The number of esters is 1. The molecular formula is C22H23Cl2N5O5. The highest BCUT2D eigenvalue weighted by molar-refractivity contribution is 6.36. The zero-order chi connectivity index (χ0) is 24.5. The Morgan fingerprint density at radius 3 is 2.65 bits per heavy atom. The molecule has 0 aliphatic rings. The molecule has 1 N–H and O–H groups in total. The number of halogens is 2. The number of nitrogens with one attached hydrogen (secondary N) is 1. The van der Waals surface area contributed by atoms with Crippen molar-refractivity contribution in [2.75, 3.05) is 29.9 Å². The van der Waals surface area contributed by atoms with E-state index in [0.717, 1.165) is 5.56 Å². The van der Waals surface area contributed by atoms with Crippen LogP contribution in [0, 0.1) is 10.1 Å². The Balaban J connectivity index is 1.85. The summed E-state index contributed by atoms with van der Waals surface area (Å²) in [7, 11) is 0. The van der Waals surface area contributed by atoms with Gasteiger partial charge in [0.05, 0.1) is 30.8 Å². The van der Waals surface area contributed by atoms with Gasteiger partial charge in [0.1, 0.15) is 12.1 Å². The van der Waals surface area contributed by atoms with Crippen LogP contribution in [0.15, 0.2) is 47.3 Å². The molecule has 180 valence electrons. The van der Waals surface area contributed by atoms with Crippen LogP contribution in [0.2, 0.25) is 10.0 Å². The maximum Gasteiger partial charge on any atom is 0.353 e. The van der Waals surface area contributed by atoms with Crippen molar-refractivity contribution >= 4 is 46.5 Å². The van der Waals surface area contributed by atoms with Crippen LogP contribution in [0.25, 0.3) is 0 Å². The molecule has 2 heterocycles. The number of ether oxygens (including phenoxy) is 1. The van der Waals surface area contributed by atoms with Crippen LogP contribution in [-0.2, 0) is 22.5 Å². The number of hydrogen-bond acceptors (Lipinski definition) is 9. The van der Waals surface area contributed by atoms with Crippen molar-refractivity contribution in [3.05, 3.63) is 74.4 Å². The van der Waals surface area contributed by atoms with Crippen molar-refractivity contribution in [2.24, 2.45) is 0 Å². The first-order chi connectivity index (χ1) is 16.4. The van der Waals surface area contributed by atoms with E-state index >= 15 is 0 Å². The van der Waals surface area contributed by atoms with Crippen molar-refractivity contribution in [1.82, 2.24) is 9.97 Å². The van der Waals surface area contributed by atoms with Gasteiger partial charge in [0.15, 0.2) is 0 Å². The molecule has 0 saturated carbocycles. The van der Waals surface area contributed by atoms with E-state index in [9.17, 15) is 14.9 Å². The molecule has 0 spiro atoms. The van der Waals surface area contributed by atoms with Gasteiger partial charge in [0.25, 0.3) is 0 Å². The molecule has 0 aliphatic carbocycles. The zero-order valence-corrected chi connectivity index (χ0v) is 19.9. The Labute approximate surface area is 206 Å². The van der Waals surface area contributed by atoms with Gasteiger partial charge in [-0.05, 0) is 43.2 Å². The first-order valence-electron chi connectivity index (χ1n) is 10.5. The standard InChI is InChI=1S/C22H23Cl2N5O5/c1-2-33-19(30)9-11-28(13-15-5-4-12-34-15)22-20(29(31)32)21(26-14-27-22)25-10-8-16-17(23)6-3-7-18(16)24/h3-7,12,14H,2,8-11,13H2,1H3,(H,25,26,27). The molecule has 0 fully saturated rings. The summed E-state index contributed by atoms with van der Waals surface area (Å²) in [4.78, 5) is 33.2. The third kappa shape index (κ3) is 6.58. The van der Waals surface area contributed by atoms with Crippen molar-refractivity contribution in [3.8, 4) is 0 Å². The number of benzene rings is 1. The van der Waals surface area contributed by atoms with Gasteiger partial charge in [-0.15, -0.1) is 0 Å². The first kappa shape index (κ1) is 25.3. The maximum absolute atomic E-state index is 12.0. The van der Waals surface area contributed by atoms with Crippen molar-refractivity contribution in [1.29, 1.82) is 0 Å². The third-order valence-electron chi connectivity index (χ3n) is 4.83. The number of aromatic nitrogens is 2. The van der Waals surface area contributed by atoms with Gasteiger partial charge >= 0.3 is 11.7 Å². The number of hydrogen-bond donors (Lipinski definition) is 1. The normalized spacial score (nSPS) is 10.7. The molecule has 0 amide bonds. The highest BCUT2D eigenvalue weighted by Crippen LogP contribution is 2.33. The fourth-order valence-corrected chi connectivity index (χ4v) is 3.87. The lowest BCUT2D eigenvalue weighted by atomic mass is 10.1. The summed E-state index contributed by atoms with van der Waals surface area (Å²) in [5.41, 5.74) is 0.410. The molecule has 10 nitrogen and oxygen atoms in total. The Kier molecular flexibility index (Phi) is 9.06. The van der Waals surface area contributed by atoms with E-state index in [1.54, 1.807) is 42.2 Å². The third-order valence-corrected chi connectivity index (χ3v) is 5.54. The summed E-state index contributed by atoms with van der Waals surface area (Å²) in [6, 6.07) is 8.64. The van der Waals surface area contributed by atoms with Crippen LogP contribution in [0.3, 0.4) is 0 Å². The second-order valence-electron chi connectivity index (χ2n) is 7.08. The molecule has 12 heteroatoms. The molecule has 0 radical (unpaired) electrons. The largest absolute Gasteiger partial charge is 0.467 e. The smallest absolute Gasteiger partial charge is 0.353 e. The number of anilines is 2. The molecule has 0 bridgehead atoms. The lowest BCUT2D eigenvalue weighted by Gasteiger charge is -2.22. The maximum atomic E-state index is 12.0. The Morgan fingerprint density at radius 1 is 1.24 bits per heavy atom. The van der Waals surface area contributed by atoms with Crippen LogP contribution in [0.4, 0.5) is 17.3 Å². The summed E-state index contributed by atoms with van der Waals surface area (Å²) in [5.74, 6) is 0.232. The summed E-state index contributed by atoms with van der Waals surface area (Å²) < 4.78 is 10.4.